The molecule has 0 atom stereocenters. The molecule has 0 spiro atoms. The Bertz CT molecular complexity index is 682. The maximum absolute atomic E-state index is 11.9. The van der Waals surface area contributed by atoms with Crippen LogP contribution in [0, 0.1) is 0 Å². The van der Waals surface area contributed by atoms with E-state index in [1.165, 1.54) is 0 Å². The highest BCUT2D eigenvalue weighted by atomic mass is 35.5. The largest absolute Gasteiger partial charge is 0.317 e. The van der Waals surface area contributed by atoms with Crippen LogP contribution in [0.25, 0.3) is 11.4 Å². The first-order valence-electron chi connectivity index (χ1n) is 6.53. The first-order valence-corrected chi connectivity index (χ1v) is 8.71. The summed E-state index contributed by atoms with van der Waals surface area (Å²) in [6.07, 6.45) is 2.85. The van der Waals surface area contributed by atoms with Crippen LogP contribution >= 0.6 is 11.6 Å². The fraction of sp³-hybridized carbons (Fsp3) is 0.385. The van der Waals surface area contributed by atoms with Crippen LogP contribution in [0.3, 0.4) is 0 Å². The molecule has 0 saturated heterocycles. The van der Waals surface area contributed by atoms with Crippen molar-refractivity contribution >= 4 is 27.3 Å². The number of aryl methyl sites for hydroxylation is 1. The number of aromatic nitrogens is 3. The maximum Gasteiger partial charge on any atom is 0.232 e. The predicted molar refractivity (Wildman–Crippen MR) is 83.8 cm³/mol. The van der Waals surface area contributed by atoms with Crippen LogP contribution in [-0.4, -0.2) is 34.8 Å². The highest BCUT2D eigenvalue weighted by Gasteiger charge is 2.10. The Morgan fingerprint density at radius 3 is 2.52 bits per heavy atom. The molecule has 114 valence electrons. The van der Waals surface area contributed by atoms with E-state index in [4.69, 9.17) is 11.6 Å². The highest BCUT2D eigenvalue weighted by molar-refractivity contribution is 7.92. The number of alkyl halides is 1. The summed E-state index contributed by atoms with van der Waals surface area (Å²) >= 11 is 5.54. The standard InChI is InChI=1S/C13H17ClN4O2S/c1-18-10-15-16-13(18)11-4-6-12(7-5-11)17-21(19,20)9-3-2-8-14/h4-7,10,17H,2-3,8-9H2,1H3. The summed E-state index contributed by atoms with van der Waals surface area (Å²) in [4.78, 5) is 0. The van der Waals surface area contributed by atoms with Gasteiger partial charge in [-0.25, -0.2) is 8.42 Å². The molecule has 1 aromatic heterocycles. The topological polar surface area (TPSA) is 76.9 Å². The van der Waals surface area contributed by atoms with Crippen LogP contribution < -0.4 is 4.72 Å². The Kier molecular flexibility index (Phi) is 5.19. The van der Waals surface area contributed by atoms with Crippen molar-refractivity contribution in [3.63, 3.8) is 0 Å². The number of nitrogens with one attached hydrogen (secondary N) is 1. The molecule has 2 aromatic rings. The molecule has 8 heteroatoms. The first-order chi connectivity index (χ1) is 10.0. The summed E-state index contributed by atoms with van der Waals surface area (Å²) in [5.74, 6) is 1.28. The Morgan fingerprint density at radius 1 is 1.24 bits per heavy atom. The summed E-state index contributed by atoms with van der Waals surface area (Å²) in [5, 5.41) is 7.81. The van der Waals surface area contributed by atoms with Crippen molar-refractivity contribution in [2.45, 2.75) is 12.8 Å². The third kappa shape index (κ3) is 4.44. The van der Waals surface area contributed by atoms with E-state index in [2.05, 4.69) is 14.9 Å². The molecular weight excluding hydrogens is 312 g/mol. The Labute approximate surface area is 129 Å². The van der Waals surface area contributed by atoms with Gasteiger partial charge in [-0.2, -0.15) is 0 Å². The van der Waals surface area contributed by atoms with Crippen molar-refractivity contribution in [3.8, 4) is 11.4 Å². The lowest BCUT2D eigenvalue weighted by molar-refractivity contribution is 0.598. The molecule has 0 fully saturated rings. The van der Waals surface area contributed by atoms with Crippen molar-refractivity contribution in [3.05, 3.63) is 30.6 Å². The van der Waals surface area contributed by atoms with Crippen LogP contribution in [0.15, 0.2) is 30.6 Å². The van der Waals surface area contributed by atoms with Gasteiger partial charge in [0.05, 0.1) is 5.75 Å². The molecule has 0 aliphatic rings. The van der Waals surface area contributed by atoms with Crippen molar-refractivity contribution in [2.75, 3.05) is 16.4 Å². The van der Waals surface area contributed by atoms with E-state index in [0.717, 1.165) is 11.4 Å². The van der Waals surface area contributed by atoms with Gasteiger partial charge >= 0.3 is 0 Å². The van der Waals surface area contributed by atoms with Crippen molar-refractivity contribution in [1.82, 2.24) is 14.8 Å². The third-order valence-electron chi connectivity index (χ3n) is 2.92. The maximum atomic E-state index is 11.9. The number of halogens is 1. The lowest BCUT2D eigenvalue weighted by Crippen LogP contribution is -2.16. The van der Waals surface area contributed by atoms with Crippen molar-refractivity contribution < 1.29 is 8.42 Å². The minimum Gasteiger partial charge on any atom is -0.317 e. The van der Waals surface area contributed by atoms with E-state index in [1.54, 1.807) is 35.2 Å². The van der Waals surface area contributed by atoms with E-state index in [1.807, 2.05) is 7.05 Å². The highest BCUT2D eigenvalue weighted by Crippen LogP contribution is 2.19. The average Bonchev–Trinajstić information content (AvgIpc) is 2.86. The van der Waals surface area contributed by atoms with E-state index in [0.29, 0.717) is 24.4 Å². The summed E-state index contributed by atoms with van der Waals surface area (Å²) in [7, 11) is -1.47. The Hall–Kier alpha value is -1.60. The average molecular weight is 329 g/mol. The van der Waals surface area contributed by atoms with Gasteiger partial charge in [-0.15, -0.1) is 21.8 Å². The zero-order valence-electron chi connectivity index (χ0n) is 11.7. The zero-order valence-corrected chi connectivity index (χ0v) is 13.2. The molecule has 0 amide bonds. The predicted octanol–water partition coefficient (Wildman–Crippen LogP) is 2.24. The second-order valence-electron chi connectivity index (χ2n) is 4.66. The fourth-order valence-electron chi connectivity index (χ4n) is 1.85. The number of anilines is 1. The summed E-state index contributed by atoms with van der Waals surface area (Å²) in [6.45, 7) is 0. The second kappa shape index (κ2) is 6.91. The second-order valence-corrected chi connectivity index (χ2v) is 6.88. The summed E-state index contributed by atoms with van der Waals surface area (Å²) in [5.41, 5.74) is 1.41. The quantitative estimate of drug-likeness (QED) is 0.624. The molecule has 1 heterocycles. The number of hydrogen-bond donors (Lipinski definition) is 1. The van der Waals surface area contributed by atoms with Crippen LogP contribution in [0.2, 0.25) is 0 Å². The number of rotatable bonds is 7. The zero-order chi connectivity index (χ0) is 15.3. The molecule has 0 aliphatic carbocycles. The molecule has 6 nitrogen and oxygen atoms in total. The van der Waals surface area contributed by atoms with Gasteiger partial charge in [0.1, 0.15) is 6.33 Å². The van der Waals surface area contributed by atoms with E-state index in [9.17, 15) is 8.42 Å². The van der Waals surface area contributed by atoms with Gasteiger partial charge in [0.2, 0.25) is 10.0 Å². The fourth-order valence-corrected chi connectivity index (χ4v) is 3.22. The van der Waals surface area contributed by atoms with E-state index >= 15 is 0 Å². The van der Waals surface area contributed by atoms with E-state index < -0.39 is 10.0 Å². The number of unbranched alkanes of at least 4 members (excludes halogenated alkanes) is 1. The minimum absolute atomic E-state index is 0.0742. The molecule has 1 N–H and O–H groups in total. The molecule has 21 heavy (non-hydrogen) atoms. The smallest absolute Gasteiger partial charge is 0.232 e. The molecule has 0 unspecified atom stereocenters. The van der Waals surface area contributed by atoms with Gasteiger partial charge < -0.3 is 4.57 Å². The minimum atomic E-state index is -3.32. The lowest BCUT2D eigenvalue weighted by atomic mass is 10.2. The van der Waals surface area contributed by atoms with Gasteiger partial charge in [-0.3, -0.25) is 4.72 Å². The van der Waals surface area contributed by atoms with Gasteiger partial charge in [-0.1, -0.05) is 0 Å². The van der Waals surface area contributed by atoms with E-state index in [-0.39, 0.29) is 5.75 Å². The van der Waals surface area contributed by atoms with Crippen molar-refractivity contribution in [2.24, 2.45) is 7.05 Å². The monoisotopic (exact) mass is 328 g/mol. The number of hydrogen-bond acceptors (Lipinski definition) is 4. The molecule has 1 aromatic carbocycles. The molecule has 0 bridgehead atoms. The van der Waals surface area contributed by atoms with Crippen molar-refractivity contribution in [1.29, 1.82) is 0 Å². The number of sulfonamides is 1. The lowest BCUT2D eigenvalue weighted by Gasteiger charge is -2.08. The molecule has 0 aliphatic heterocycles. The Balaban J connectivity index is 2.04. The van der Waals surface area contributed by atoms with Crippen LogP contribution in [0.4, 0.5) is 5.69 Å². The molecule has 0 radical (unpaired) electrons. The molecule has 2 rings (SSSR count). The summed E-state index contributed by atoms with van der Waals surface area (Å²) < 4.78 is 28.1. The van der Waals surface area contributed by atoms with Gasteiger partial charge in [0, 0.05) is 24.2 Å². The normalized spacial score (nSPS) is 11.5. The summed E-state index contributed by atoms with van der Waals surface area (Å²) in [6, 6.07) is 7.04. The first kappa shape index (κ1) is 15.8. The number of nitrogens with zero attached hydrogens (tertiary/aromatic N) is 3. The third-order valence-corrected chi connectivity index (χ3v) is 4.56. The number of benzene rings is 1. The molecular formula is C13H17ClN4O2S. The Morgan fingerprint density at radius 2 is 1.95 bits per heavy atom. The van der Waals surface area contributed by atoms with Gasteiger partial charge in [-0.05, 0) is 37.1 Å². The SMILES string of the molecule is Cn1cnnc1-c1ccc(NS(=O)(=O)CCCCCl)cc1. The van der Waals surface area contributed by atoms with Crippen LogP contribution in [0.5, 0.6) is 0 Å². The molecule has 0 saturated carbocycles. The van der Waals surface area contributed by atoms with Gasteiger partial charge in [0.15, 0.2) is 5.82 Å². The van der Waals surface area contributed by atoms with Gasteiger partial charge in [0.25, 0.3) is 0 Å². The van der Waals surface area contributed by atoms with Crippen LogP contribution in [0.1, 0.15) is 12.8 Å². The van der Waals surface area contributed by atoms with Crippen LogP contribution in [-0.2, 0) is 17.1 Å².